The zero-order chi connectivity index (χ0) is 15.0. The van der Waals surface area contributed by atoms with E-state index in [-0.39, 0.29) is 5.78 Å². The molecule has 0 aliphatic carbocycles. The molecular weight excluding hydrogens is 348 g/mol. The van der Waals surface area contributed by atoms with Gasteiger partial charge >= 0.3 is 0 Å². The first-order chi connectivity index (χ1) is 10.1. The standard InChI is InChI=1S/C18H12BrClO/c1-11-6-7-12-4-2-3-5-14(12)17(11)18(21)15-10-13(20)8-9-16(15)19/h2-10H,1H3. The maximum absolute atomic E-state index is 13.0. The minimum atomic E-state index is -0.0151. The van der Waals surface area contributed by atoms with Gasteiger partial charge in [-0.1, -0.05) is 63.9 Å². The molecule has 1 nitrogen and oxygen atoms in total. The quantitative estimate of drug-likeness (QED) is 0.529. The summed E-state index contributed by atoms with van der Waals surface area (Å²) in [5, 5.41) is 2.58. The maximum atomic E-state index is 13.0. The van der Waals surface area contributed by atoms with Crippen LogP contribution in [0.5, 0.6) is 0 Å². The summed E-state index contributed by atoms with van der Waals surface area (Å²) in [7, 11) is 0. The molecule has 0 N–H and O–H groups in total. The summed E-state index contributed by atoms with van der Waals surface area (Å²) >= 11 is 9.47. The molecule has 0 heterocycles. The van der Waals surface area contributed by atoms with Gasteiger partial charge in [-0.15, -0.1) is 0 Å². The van der Waals surface area contributed by atoms with E-state index in [2.05, 4.69) is 15.9 Å². The third-order valence-corrected chi connectivity index (χ3v) is 4.46. The van der Waals surface area contributed by atoms with Gasteiger partial charge in [-0.3, -0.25) is 4.79 Å². The molecule has 3 aromatic rings. The van der Waals surface area contributed by atoms with Gasteiger partial charge in [0.15, 0.2) is 5.78 Å². The Hall–Kier alpha value is -1.64. The average molecular weight is 360 g/mol. The highest BCUT2D eigenvalue weighted by atomic mass is 79.9. The number of aryl methyl sites for hydroxylation is 1. The van der Waals surface area contributed by atoms with E-state index in [0.717, 1.165) is 26.4 Å². The van der Waals surface area contributed by atoms with Gasteiger partial charge in [0.25, 0.3) is 0 Å². The van der Waals surface area contributed by atoms with Crippen molar-refractivity contribution in [1.82, 2.24) is 0 Å². The summed E-state index contributed by atoms with van der Waals surface area (Å²) in [6.45, 7) is 1.96. The minimum absolute atomic E-state index is 0.0151. The van der Waals surface area contributed by atoms with Crippen LogP contribution >= 0.6 is 27.5 Å². The zero-order valence-corrected chi connectivity index (χ0v) is 13.7. The Morgan fingerprint density at radius 3 is 2.62 bits per heavy atom. The number of carbonyl (C=O) groups is 1. The van der Waals surface area contributed by atoms with Crippen LogP contribution in [0, 0.1) is 6.92 Å². The fourth-order valence-corrected chi connectivity index (χ4v) is 3.09. The van der Waals surface area contributed by atoms with Crippen molar-refractivity contribution in [2.75, 3.05) is 0 Å². The second kappa shape index (κ2) is 5.63. The summed E-state index contributed by atoms with van der Waals surface area (Å²) in [4.78, 5) is 13.0. The van der Waals surface area contributed by atoms with Gasteiger partial charge < -0.3 is 0 Å². The van der Waals surface area contributed by atoms with Crippen LogP contribution in [0.2, 0.25) is 5.02 Å². The molecule has 0 aliphatic rings. The SMILES string of the molecule is Cc1ccc2ccccc2c1C(=O)c1cc(Cl)ccc1Br. The Morgan fingerprint density at radius 1 is 1.05 bits per heavy atom. The smallest absolute Gasteiger partial charge is 0.195 e. The molecule has 0 amide bonds. The second-order valence-corrected chi connectivity index (χ2v) is 6.22. The summed E-state index contributed by atoms with van der Waals surface area (Å²) in [5.74, 6) is -0.0151. The number of hydrogen-bond acceptors (Lipinski definition) is 1. The topological polar surface area (TPSA) is 17.1 Å². The van der Waals surface area contributed by atoms with E-state index in [9.17, 15) is 4.79 Å². The molecule has 0 saturated carbocycles. The van der Waals surface area contributed by atoms with Crippen molar-refractivity contribution >= 4 is 44.1 Å². The molecule has 0 aromatic heterocycles. The number of ketones is 1. The van der Waals surface area contributed by atoms with Gasteiger partial charge in [-0.05, 0) is 41.5 Å². The molecule has 21 heavy (non-hydrogen) atoms. The van der Waals surface area contributed by atoms with E-state index in [1.165, 1.54) is 0 Å². The van der Waals surface area contributed by atoms with Gasteiger partial charge in [-0.2, -0.15) is 0 Å². The first kappa shape index (κ1) is 14.3. The van der Waals surface area contributed by atoms with Crippen molar-refractivity contribution in [2.24, 2.45) is 0 Å². The molecule has 0 spiro atoms. The normalized spacial score (nSPS) is 10.8. The Kier molecular flexibility index (Phi) is 3.83. The Morgan fingerprint density at radius 2 is 1.81 bits per heavy atom. The van der Waals surface area contributed by atoms with Crippen molar-refractivity contribution in [3.05, 3.63) is 80.8 Å². The van der Waals surface area contributed by atoms with Crippen LogP contribution in [-0.4, -0.2) is 5.78 Å². The van der Waals surface area contributed by atoms with Crippen LogP contribution in [0.15, 0.2) is 59.1 Å². The third kappa shape index (κ3) is 2.61. The van der Waals surface area contributed by atoms with Gasteiger partial charge in [0.2, 0.25) is 0 Å². The summed E-state index contributed by atoms with van der Waals surface area (Å²) in [6, 6.07) is 17.2. The predicted octanol–water partition coefficient (Wildman–Crippen LogP) is 5.80. The molecule has 0 fully saturated rings. The molecule has 0 saturated heterocycles. The lowest BCUT2D eigenvalue weighted by Gasteiger charge is -2.11. The second-order valence-electron chi connectivity index (χ2n) is 4.93. The highest BCUT2D eigenvalue weighted by Gasteiger charge is 2.17. The van der Waals surface area contributed by atoms with Crippen molar-refractivity contribution in [1.29, 1.82) is 0 Å². The van der Waals surface area contributed by atoms with E-state index in [1.807, 2.05) is 43.3 Å². The Balaban J connectivity index is 2.27. The lowest BCUT2D eigenvalue weighted by atomic mass is 9.93. The number of carbonyl (C=O) groups excluding carboxylic acids is 1. The van der Waals surface area contributed by atoms with Crippen LogP contribution in [0.1, 0.15) is 21.5 Å². The van der Waals surface area contributed by atoms with Crippen LogP contribution in [-0.2, 0) is 0 Å². The lowest BCUT2D eigenvalue weighted by molar-refractivity contribution is 0.103. The fraction of sp³-hybridized carbons (Fsp3) is 0.0556. The molecule has 0 aliphatic heterocycles. The highest BCUT2D eigenvalue weighted by Crippen LogP contribution is 2.29. The average Bonchev–Trinajstić information content (AvgIpc) is 2.49. The van der Waals surface area contributed by atoms with Gasteiger partial charge in [0.1, 0.15) is 0 Å². The zero-order valence-electron chi connectivity index (χ0n) is 11.4. The molecule has 3 rings (SSSR count). The fourth-order valence-electron chi connectivity index (χ4n) is 2.49. The van der Waals surface area contributed by atoms with Gasteiger partial charge in [0, 0.05) is 20.6 Å². The molecule has 0 bridgehead atoms. The largest absolute Gasteiger partial charge is 0.289 e. The molecule has 104 valence electrons. The van der Waals surface area contributed by atoms with Crippen molar-refractivity contribution in [3.63, 3.8) is 0 Å². The Labute approximate surface area is 136 Å². The Bertz CT molecular complexity index is 855. The summed E-state index contributed by atoms with van der Waals surface area (Å²) in [5.41, 5.74) is 2.28. The van der Waals surface area contributed by atoms with E-state index < -0.39 is 0 Å². The van der Waals surface area contributed by atoms with E-state index in [0.29, 0.717) is 10.6 Å². The lowest BCUT2D eigenvalue weighted by Crippen LogP contribution is -2.05. The van der Waals surface area contributed by atoms with E-state index in [4.69, 9.17) is 11.6 Å². The monoisotopic (exact) mass is 358 g/mol. The van der Waals surface area contributed by atoms with Crippen LogP contribution in [0.25, 0.3) is 10.8 Å². The number of fused-ring (bicyclic) bond motifs is 1. The van der Waals surface area contributed by atoms with Gasteiger partial charge in [0.05, 0.1) is 0 Å². The van der Waals surface area contributed by atoms with Crippen molar-refractivity contribution in [2.45, 2.75) is 6.92 Å². The van der Waals surface area contributed by atoms with Crippen LogP contribution in [0.3, 0.4) is 0 Å². The number of rotatable bonds is 2. The number of benzene rings is 3. The summed E-state index contributed by atoms with van der Waals surface area (Å²) in [6.07, 6.45) is 0. The number of hydrogen-bond donors (Lipinski definition) is 0. The molecule has 3 aromatic carbocycles. The highest BCUT2D eigenvalue weighted by molar-refractivity contribution is 9.10. The minimum Gasteiger partial charge on any atom is -0.289 e. The molecule has 0 atom stereocenters. The van der Waals surface area contributed by atoms with E-state index in [1.54, 1.807) is 18.2 Å². The maximum Gasteiger partial charge on any atom is 0.195 e. The van der Waals surface area contributed by atoms with E-state index >= 15 is 0 Å². The van der Waals surface area contributed by atoms with Gasteiger partial charge in [-0.25, -0.2) is 0 Å². The summed E-state index contributed by atoms with van der Waals surface area (Å²) < 4.78 is 0.754. The first-order valence-corrected chi connectivity index (χ1v) is 7.73. The number of halogens is 2. The first-order valence-electron chi connectivity index (χ1n) is 6.56. The third-order valence-electron chi connectivity index (χ3n) is 3.54. The van der Waals surface area contributed by atoms with Crippen molar-refractivity contribution in [3.8, 4) is 0 Å². The predicted molar refractivity (Wildman–Crippen MR) is 91.3 cm³/mol. The molecule has 3 heteroatoms. The van der Waals surface area contributed by atoms with Crippen LogP contribution in [0.4, 0.5) is 0 Å². The molecule has 0 radical (unpaired) electrons. The van der Waals surface area contributed by atoms with Crippen LogP contribution < -0.4 is 0 Å². The van der Waals surface area contributed by atoms with Crippen molar-refractivity contribution < 1.29 is 4.79 Å². The molecular formula is C18H12BrClO. The molecule has 0 unspecified atom stereocenters.